The van der Waals surface area contributed by atoms with E-state index in [1.807, 2.05) is 0 Å². The largest absolute Gasteiger partial charge is 0.478 e. The number of rotatable bonds is 3. The van der Waals surface area contributed by atoms with E-state index >= 15 is 0 Å². The maximum absolute atomic E-state index is 12.8. The number of aromatic carboxylic acids is 1. The molecule has 0 bridgehead atoms. The fourth-order valence-corrected chi connectivity index (χ4v) is 4.65. The molecule has 2 aliphatic heterocycles. The molecular weight excluding hydrogens is 370 g/mol. The molecule has 4 rings (SSSR count). The number of aromatic amines is 1. The van der Waals surface area contributed by atoms with Gasteiger partial charge in [-0.05, 0) is 30.5 Å². The van der Waals surface area contributed by atoms with Crippen LogP contribution in [0.1, 0.15) is 45.6 Å². The highest BCUT2D eigenvalue weighted by Gasteiger charge is 2.32. The van der Waals surface area contributed by atoms with Crippen LogP contribution in [0.5, 0.6) is 0 Å². The van der Waals surface area contributed by atoms with E-state index in [9.17, 15) is 14.4 Å². The van der Waals surface area contributed by atoms with Gasteiger partial charge in [-0.1, -0.05) is 12.1 Å². The molecule has 2 aliphatic rings. The first-order valence-corrected chi connectivity index (χ1v) is 9.76. The number of hydrogen-bond acceptors (Lipinski definition) is 5. The maximum atomic E-state index is 12.8. The number of amides is 1. The molecule has 1 aromatic heterocycles. The summed E-state index contributed by atoms with van der Waals surface area (Å²) < 4.78 is 7.16. The Morgan fingerprint density at radius 3 is 2.56 bits per heavy atom. The van der Waals surface area contributed by atoms with Gasteiger partial charge < -0.3 is 15.2 Å². The number of hydrogen-bond donors (Lipinski definition) is 3. The van der Waals surface area contributed by atoms with Crippen LogP contribution in [-0.2, 0) is 9.53 Å². The number of fused-ring (bicyclic) bond motifs is 1. The highest BCUT2D eigenvalue weighted by molar-refractivity contribution is 8.00. The summed E-state index contributed by atoms with van der Waals surface area (Å²) in [5.41, 5.74) is 1.23. The summed E-state index contributed by atoms with van der Waals surface area (Å²) in [6.07, 6.45) is 1.52. The number of carboxylic acids is 1. The standard InChI is InChI=1S/C18H19N3O5S/c22-13-9-27-15(10-1-3-11(4-2-10)18(24)25)14-16(19-13)21(20-17(14)23)12-5-7-26-8-6-12/h1-4,12,15H,5-9H2,(H,19,22)(H,20,23)(H,24,25). The Balaban J connectivity index is 1.77. The second kappa shape index (κ2) is 7.24. The minimum Gasteiger partial charge on any atom is -0.478 e. The zero-order valence-corrected chi connectivity index (χ0v) is 15.3. The molecule has 0 aliphatic carbocycles. The van der Waals surface area contributed by atoms with E-state index in [4.69, 9.17) is 9.84 Å². The van der Waals surface area contributed by atoms with Crippen LogP contribution in [0, 0.1) is 0 Å². The zero-order valence-electron chi connectivity index (χ0n) is 14.4. The molecule has 1 fully saturated rings. The van der Waals surface area contributed by atoms with Crippen molar-refractivity contribution in [1.82, 2.24) is 9.78 Å². The van der Waals surface area contributed by atoms with E-state index in [2.05, 4.69) is 10.4 Å². The first kappa shape index (κ1) is 17.9. The molecule has 1 atom stereocenters. The van der Waals surface area contributed by atoms with Gasteiger partial charge in [0.1, 0.15) is 5.82 Å². The third-order valence-electron chi connectivity index (χ3n) is 4.88. The number of ether oxygens (including phenoxy) is 1. The van der Waals surface area contributed by atoms with Gasteiger partial charge in [0.25, 0.3) is 5.56 Å². The second-order valence-corrected chi connectivity index (χ2v) is 7.68. The van der Waals surface area contributed by atoms with Crippen LogP contribution in [0.3, 0.4) is 0 Å². The SMILES string of the molecule is O=C1CSC(c2ccc(C(=O)O)cc2)c2c(n(C3CCOCC3)[nH]c2=O)N1. The lowest BCUT2D eigenvalue weighted by Gasteiger charge is -2.25. The number of H-pyrrole nitrogens is 1. The van der Waals surface area contributed by atoms with E-state index in [1.165, 1.54) is 23.9 Å². The molecular formula is C18H19N3O5S. The molecule has 1 amide bonds. The van der Waals surface area contributed by atoms with Gasteiger partial charge in [-0.3, -0.25) is 19.4 Å². The number of anilines is 1. The Morgan fingerprint density at radius 1 is 1.19 bits per heavy atom. The van der Waals surface area contributed by atoms with Crippen molar-refractivity contribution in [3.8, 4) is 0 Å². The molecule has 1 aromatic carbocycles. The van der Waals surface area contributed by atoms with Crippen molar-refractivity contribution in [2.75, 3.05) is 24.3 Å². The van der Waals surface area contributed by atoms with Crippen molar-refractivity contribution in [1.29, 1.82) is 0 Å². The Kier molecular flexibility index (Phi) is 4.79. The molecule has 0 radical (unpaired) electrons. The van der Waals surface area contributed by atoms with Crippen molar-refractivity contribution >= 4 is 29.5 Å². The average molecular weight is 389 g/mol. The van der Waals surface area contributed by atoms with Gasteiger partial charge in [0.05, 0.1) is 28.2 Å². The van der Waals surface area contributed by atoms with Crippen LogP contribution in [-0.4, -0.2) is 45.7 Å². The molecule has 1 unspecified atom stereocenters. The molecule has 2 aromatic rings. The predicted octanol–water partition coefficient (Wildman–Crippen LogP) is 2.00. The fourth-order valence-electron chi connectivity index (χ4n) is 3.52. The van der Waals surface area contributed by atoms with E-state index in [0.717, 1.165) is 18.4 Å². The van der Waals surface area contributed by atoms with Gasteiger partial charge in [-0.15, -0.1) is 11.8 Å². The normalized spacial score (nSPS) is 20.6. The topological polar surface area (TPSA) is 113 Å². The Hall–Kier alpha value is -2.52. The molecule has 27 heavy (non-hydrogen) atoms. The zero-order chi connectivity index (χ0) is 19.0. The molecule has 9 heteroatoms. The van der Waals surface area contributed by atoms with Crippen molar-refractivity contribution < 1.29 is 19.4 Å². The Morgan fingerprint density at radius 2 is 1.89 bits per heavy atom. The fraction of sp³-hybridized carbons (Fsp3) is 0.389. The van der Waals surface area contributed by atoms with Crippen LogP contribution < -0.4 is 10.9 Å². The van der Waals surface area contributed by atoms with Gasteiger partial charge in [0, 0.05) is 13.2 Å². The van der Waals surface area contributed by atoms with Gasteiger partial charge in [0.2, 0.25) is 5.91 Å². The molecule has 142 valence electrons. The maximum Gasteiger partial charge on any atom is 0.335 e. The van der Waals surface area contributed by atoms with Crippen molar-refractivity contribution in [2.45, 2.75) is 24.1 Å². The number of carbonyl (C=O) groups excluding carboxylic acids is 1. The summed E-state index contributed by atoms with van der Waals surface area (Å²) in [4.78, 5) is 36.1. The summed E-state index contributed by atoms with van der Waals surface area (Å²) in [6, 6.07) is 6.50. The lowest BCUT2D eigenvalue weighted by molar-refractivity contribution is -0.113. The number of thioether (sulfide) groups is 1. The Bertz CT molecular complexity index is 927. The minimum absolute atomic E-state index is 0.0636. The highest BCUT2D eigenvalue weighted by Crippen LogP contribution is 2.41. The quantitative estimate of drug-likeness (QED) is 0.740. The third-order valence-corrected chi connectivity index (χ3v) is 6.15. The smallest absolute Gasteiger partial charge is 0.335 e. The minimum atomic E-state index is -1.00. The van der Waals surface area contributed by atoms with Crippen LogP contribution in [0.25, 0.3) is 0 Å². The number of nitrogens with zero attached hydrogens (tertiary/aromatic N) is 1. The molecule has 3 heterocycles. The third kappa shape index (κ3) is 3.40. The van der Waals surface area contributed by atoms with Gasteiger partial charge >= 0.3 is 5.97 Å². The van der Waals surface area contributed by atoms with E-state index in [0.29, 0.717) is 24.6 Å². The lowest BCUT2D eigenvalue weighted by atomic mass is 10.0. The van der Waals surface area contributed by atoms with Gasteiger partial charge in [-0.2, -0.15) is 0 Å². The van der Waals surface area contributed by atoms with Gasteiger partial charge in [-0.25, -0.2) is 4.79 Å². The van der Waals surface area contributed by atoms with E-state index in [-0.39, 0.29) is 34.1 Å². The summed E-state index contributed by atoms with van der Waals surface area (Å²) in [7, 11) is 0. The summed E-state index contributed by atoms with van der Waals surface area (Å²) >= 11 is 1.36. The summed E-state index contributed by atoms with van der Waals surface area (Å²) in [5.74, 6) is -0.441. The number of aromatic nitrogens is 2. The highest BCUT2D eigenvalue weighted by atomic mass is 32.2. The van der Waals surface area contributed by atoms with Gasteiger partial charge in [0.15, 0.2) is 0 Å². The van der Waals surface area contributed by atoms with Crippen molar-refractivity contribution in [2.24, 2.45) is 0 Å². The van der Waals surface area contributed by atoms with Crippen LogP contribution in [0.4, 0.5) is 5.82 Å². The first-order valence-electron chi connectivity index (χ1n) is 8.71. The van der Waals surface area contributed by atoms with Crippen LogP contribution in [0.15, 0.2) is 29.1 Å². The first-order chi connectivity index (χ1) is 13.0. The van der Waals surface area contributed by atoms with Crippen molar-refractivity contribution in [3.63, 3.8) is 0 Å². The Labute approximate surface area is 158 Å². The summed E-state index contributed by atoms with van der Waals surface area (Å²) in [5, 5.41) is 14.5. The molecule has 0 saturated carbocycles. The second-order valence-electron chi connectivity index (χ2n) is 6.58. The van der Waals surface area contributed by atoms with Crippen molar-refractivity contribution in [3.05, 3.63) is 51.3 Å². The predicted molar refractivity (Wildman–Crippen MR) is 100 cm³/mol. The molecule has 1 saturated heterocycles. The summed E-state index contributed by atoms with van der Waals surface area (Å²) in [6.45, 7) is 1.23. The lowest BCUT2D eigenvalue weighted by Crippen LogP contribution is -2.24. The molecule has 3 N–H and O–H groups in total. The van der Waals surface area contributed by atoms with Crippen LogP contribution >= 0.6 is 11.8 Å². The monoisotopic (exact) mass is 389 g/mol. The van der Waals surface area contributed by atoms with E-state index in [1.54, 1.807) is 16.8 Å². The average Bonchev–Trinajstić information content (AvgIpc) is 2.88. The number of nitrogens with one attached hydrogen (secondary N) is 2. The molecule has 8 nitrogen and oxygen atoms in total. The van der Waals surface area contributed by atoms with Crippen LogP contribution in [0.2, 0.25) is 0 Å². The number of carbonyl (C=O) groups is 2. The number of carboxylic acid groups (broad SMARTS) is 1. The number of benzene rings is 1. The molecule has 0 spiro atoms. The van der Waals surface area contributed by atoms with E-state index < -0.39 is 5.97 Å².